The zero-order chi connectivity index (χ0) is 7.82. The zero-order valence-electron chi connectivity index (χ0n) is 6.79. The maximum absolute atomic E-state index is 8.95. The van der Waals surface area contributed by atoms with Crippen LogP contribution in [0.1, 0.15) is 19.3 Å². The highest BCUT2D eigenvalue weighted by Crippen LogP contribution is 2.24. The number of carbonyl (C=O) groups is 1. The Kier molecular flexibility index (Phi) is 11.8. The lowest BCUT2D eigenvalue weighted by atomic mass is 9.86. The summed E-state index contributed by atoms with van der Waals surface area (Å²) in [4.78, 5) is 8.95. The number of hydrogen-bond donors (Lipinski definition) is 1. The maximum atomic E-state index is 8.95. The molecule has 4 heteroatoms. The molecule has 0 aromatic heterocycles. The van der Waals surface area contributed by atoms with E-state index < -0.39 is 0 Å². The molecule has 0 bridgehead atoms. The summed E-state index contributed by atoms with van der Waals surface area (Å²) in [6, 6.07) is 0. The van der Waals surface area contributed by atoms with Crippen molar-refractivity contribution in [1.29, 1.82) is 0 Å². The number of carbonyl (C=O) groups excluding carboxylic acids is 1. The van der Waals surface area contributed by atoms with Gasteiger partial charge in [-0.15, -0.1) is 12.4 Å². The number of ether oxygens (including phenoxy) is 1. The molecule has 1 aliphatic rings. The van der Waals surface area contributed by atoms with E-state index in [2.05, 4.69) is 4.74 Å². The van der Waals surface area contributed by atoms with Gasteiger partial charge in [-0.3, -0.25) is 4.79 Å². The van der Waals surface area contributed by atoms with Crippen molar-refractivity contribution < 1.29 is 9.53 Å². The molecular weight excluding hydrogens is 166 g/mol. The van der Waals surface area contributed by atoms with Crippen molar-refractivity contribution in [3.05, 3.63) is 0 Å². The maximum Gasteiger partial charge on any atom is 0.292 e. The van der Waals surface area contributed by atoms with Crippen molar-refractivity contribution in [3.8, 4) is 0 Å². The Hall–Kier alpha value is -0.280. The molecule has 0 heterocycles. The average Bonchev–Trinajstić information content (AvgIpc) is 1.87. The molecule has 1 aliphatic carbocycles. The molecule has 0 spiro atoms. The second kappa shape index (κ2) is 9.72. The van der Waals surface area contributed by atoms with Crippen LogP contribution in [-0.4, -0.2) is 20.1 Å². The van der Waals surface area contributed by atoms with Gasteiger partial charge in [0.25, 0.3) is 6.47 Å². The molecular formula is C7H16ClNO2. The van der Waals surface area contributed by atoms with Gasteiger partial charge < -0.3 is 10.5 Å². The SMILES string of the molecule is COC=O.Cl.NCC1CCC1. The minimum atomic E-state index is 0. The molecule has 0 unspecified atom stereocenters. The van der Waals surface area contributed by atoms with Gasteiger partial charge >= 0.3 is 0 Å². The summed E-state index contributed by atoms with van der Waals surface area (Å²) in [5.41, 5.74) is 5.33. The summed E-state index contributed by atoms with van der Waals surface area (Å²) >= 11 is 0. The van der Waals surface area contributed by atoms with Crippen LogP contribution in [0.2, 0.25) is 0 Å². The first-order valence-electron chi connectivity index (χ1n) is 3.51. The van der Waals surface area contributed by atoms with Crippen LogP contribution in [0.15, 0.2) is 0 Å². The third-order valence-corrected chi connectivity index (χ3v) is 1.65. The molecule has 1 fully saturated rings. The molecule has 0 aliphatic heterocycles. The summed E-state index contributed by atoms with van der Waals surface area (Å²) in [5, 5.41) is 0. The normalized spacial score (nSPS) is 14.7. The second-order valence-corrected chi connectivity index (χ2v) is 2.36. The molecule has 2 N–H and O–H groups in total. The Labute approximate surface area is 73.7 Å². The number of hydrogen-bond acceptors (Lipinski definition) is 3. The van der Waals surface area contributed by atoms with E-state index in [1.54, 1.807) is 0 Å². The van der Waals surface area contributed by atoms with Crippen molar-refractivity contribution in [3.63, 3.8) is 0 Å². The third-order valence-electron chi connectivity index (χ3n) is 1.65. The van der Waals surface area contributed by atoms with Crippen molar-refractivity contribution in [2.45, 2.75) is 19.3 Å². The van der Waals surface area contributed by atoms with Crippen LogP contribution in [0.3, 0.4) is 0 Å². The Morgan fingerprint density at radius 3 is 2.09 bits per heavy atom. The minimum absolute atomic E-state index is 0. The first-order chi connectivity index (χ1) is 4.85. The fraction of sp³-hybridized carbons (Fsp3) is 0.857. The molecule has 0 saturated heterocycles. The molecule has 3 nitrogen and oxygen atoms in total. The van der Waals surface area contributed by atoms with E-state index in [1.807, 2.05) is 0 Å². The third kappa shape index (κ3) is 7.62. The van der Waals surface area contributed by atoms with E-state index in [9.17, 15) is 0 Å². The predicted molar refractivity (Wildman–Crippen MR) is 46.7 cm³/mol. The summed E-state index contributed by atoms with van der Waals surface area (Å²) in [6.45, 7) is 1.29. The van der Waals surface area contributed by atoms with Crippen molar-refractivity contribution in [2.24, 2.45) is 11.7 Å². The van der Waals surface area contributed by atoms with Crippen molar-refractivity contribution >= 4 is 18.9 Å². The summed E-state index contributed by atoms with van der Waals surface area (Å²) in [5.74, 6) is 0.894. The second-order valence-electron chi connectivity index (χ2n) is 2.36. The molecule has 0 radical (unpaired) electrons. The fourth-order valence-corrected chi connectivity index (χ4v) is 0.729. The molecule has 0 amide bonds. The van der Waals surface area contributed by atoms with Gasteiger partial charge in [0.1, 0.15) is 0 Å². The van der Waals surface area contributed by atoms with Crippen LogP contribution < -0.4 is 5.73 Å². The first-order valence-corrected chi connectivity index (χ1v) is 3.51. The van der Waals surface area contributed by atoms with E-state index in [0.717, 1.165) is 12.5 Å². The highest BCUT2D eigenvalue weighted by Gasteiger charge is 2.13. The minimum Gasteiger partial charge on any atom is -0.471 e. The highest BCUT2D eigenvalue weighted by molar-refractivity contribution is 5.85. The summed E-state index contributed by atoms with van der Waals surface area (Å²) < 4.78 is 3.86. The summed E-state index contributed by atoms with van der Waals surface area (Å²) in [6.07, 6.45) is 4.19. The molecule has 1 saturated carbocycles. The lowest BCUT2D eigenvalue weighted by Gasteiger charge is -2.22. The lowest BCUT2D eigenvalue weighted by Crippen LogP contribution is -2.20. The van der Waals surface area contributed by atoms with E-state index >= 15 is 0 Å². The van der Waals surface area contributed by atoms with Crippen LogP contribution in [-0.2, 0) is 9.53 Å². The van der Waals surface area contributed by atoms with E-state index in [-0.39, 0.29) is 12.4 Å². The fourth-order valence-electron chi connectivity index (χ4n) is 0.729. The average molecular weight is 182 g/mol. The van der Waals surface area contributed by atoms with Gasteiger partial charge in [-0.2, -0.15) is 0 Å². The topological polar surface area (TPSA) is 52.3 Å². The molecule has 0 aromatic carbocycles. The van der Waals surface area contributed by atoms with Crippen LogP contribution in [0.4, 0.5) is 0 Å². The zero-order valence-corrected chi connectivity index (χ0v) is 7.60. The molecule has 68 valence electrons. The van der Waals surface area contributed by atoms with Gasteiger partial charge in [0.2, 0.25) is 0 Å². The molecule has 0 atom stereocenters. The monoisotopic (exact) mass is 181 g/mol. The van der Waals surface area contributed by atoms with Gasteiger partial charge in [0.15, 0.2) is 0 Å². The Bertz CT molecular complexity index is 83.8. The van der Waals surface area contributed by atoms with Crippen LogP contribution in [0.25, 0.3) is 0 Å². The van der Waals surface area contributed by atoms with Crippen LogP contribution in [0, 0.1) is 5.92 Å². The lowest BCUT2D eigenvalue weighted by molar-refractivity contribution is -0.126. The number of nitrogens with two attached hydrogens (primary N) is 1. The smallest absolute Gasteiger partial charge is 0.292 e. The molecule has 1 rings (SSSR count). The Morgan fingerprint density at radius 2 is 2.09 bits per heavy atom. The largest absolute Gasteiger partial charge is 0.471 e. The Morgan fingerprint density at radius 1 is 1.64 bits per heavy atom. The predicted octanol–water partition coefficient (Wildman–Crippen LogP) is 0.956. The van der Waals surface area contributed by atoms with Crippen LogP contribution in [0.5, 0.6) is 0 Å². The van der Waals surface area contributed by atoms with Gasteiger partial charge in [-0.05, 0) is 25.3 Å². The van der Waals surface area contributed by atoms with E-state index in [1.165, 1.54) is 26.4 Å². The van der Waals surface area contributed by atoms with Gasteiger partial charge in [0, 0.05) is 0 Å². The van der Waals surface area contributed by atoms with E-state index in [0.29, 0.717) is 6.47 Å². The van der Waals surface area contributed by atoms with E-state index in [4.69, 9.17) is 10.5 Å². The summed E-state index contributed by atoms with van der Waals surface area (Å²) in [7, 11) is 1.31. The molecule has 0 aromatic rings. The Balaban J connectivity index is 0. The van der Waals surface area contributed by atoms with Crippen LogP contribution >= 0.6 is 12.4 Å². The van der Waals surface area contributed by atoms with Gasteiger partial charge in [0.05, 0.1) is 7.11 Å². The highest BCUT2D eigenvalue weighted by atomic mass is 35.5. The van der Waals surface area contributed by atoms with Crippen molar-refractivity contribution in [1.82, 2.24) is 0 Å². The van der Waals surface area contributed by atoms with Gasteiger partial charge in [-0.1, -0.05) is 6.42 Å². The standard InChI is InChI=1S/C5H11N.C2H4O2.ClH/c6-4-5-2-1-3-5;1-4-2-3;/h5H,1-4,6H2;2H,1H3;1H. The first kappa shape index (κ1) is 13.3. The number of halogens is 1. The molecule has 11 heavy (non-hydrogen) atoms. The van der Waals surface area contributed by atoms with Gasteiger partial charge in [-0.25, -0.2) is 0 Å². The number of methoxy groups -OCH3 is 1. The van der Waals surface area contributed by atoms with Crippen molar-refractivity contribution in [2.75, 3.05) is 13.7 Å². The number of rotatable bonds is 2. The quantitative estimate of drug-likeness (QED) is 0.646.